The van der Waals surface area contributed by atoms with E-state index in [9.17, 15) is 4.79 Å². The minimum Gasteiger partial charge on any atom is -0.459 e. The maximum Gasteiger partial charge on any atom is 0.338 e. The summed E-state index contributed by atoms with van der Waals surface area (Å²) in [6.07, 6.45) is 14.5. The maximum atomic E-state index is 12.8. The third kappa shape index (κ3) is 5.21. The lowest BCUT2D eigenvalue weighted by molar-refractivity contribution is -0.126. The molecule has 4 fully saturated rings. The van der Waals surface area contributed by atoms with Gasteiger partial charge in [-0.25, -0.2) is 4.79 Å². The molecule has 0 aromatic heterocycles. The van der Waals surface area contributed by atoms with Gasteiger partial charge < -0.3 is 4.74 Å². The van der Waals surface area contributed by atoms with Crippen LogP contribution in [-0.2, 0) is 4.74 Å². The van der Waals surface area contributed by atoms with Gasteiger partial charge in [0.05, 0.1) is 5.56 Å². The summed E-state index contributed by atoms with van der Waals surface area (Å²) in [5, 5.41) is 0. The van der Waals surface area contributed by atoms with Crippen LogP contribution < -0.4 is 0 Å². The fourth-order valence-corrected chi connectivity index (χ4v) is 11.2. The normalized spacial score (nSPS) is 42.0. The third-order valence-corrected chi connectivity index (χ3v) is 13.1. The first kappa shape index (κ1) is 27.7. The van der Waals surface area contributed by atoms with Crippen molar-refractivity contribution in [2.45, 2.75) is 116 Å². The van der Waals surface area contributed by atoms with Crippen molar-refractivity contribution in [1.82, 2.24) is 0 Å². The molecule has 1 aromatic rings. The molecule has 0 aliphatic heterocycles. The monoisotopic (exact) mass is 570 g/mol. The molecular weight excluding hydrogens is 520 g/mol. The zero-order valence-corrected chi connectivity index (χ0v) is 25.6. The first-order valence-corrected chi connectivity index (χ1v) is 16.4. The van der Waals surface area contributed by atoms with Crippen molar-refractivity contribution in [2.24, 2.45) is 52.3 Å². The molecule has 2 nitrogen and oxygen atoms in total. The molecule has 0 N–H and O–H groups in total. The molecule has 0 radical (unpaired) electrons. The van der Waals surface area contributed by atoms with Crippen LogP contribution in [0.25, 0.3) is 0 Å². The average Bonchev–Trinajstić information content (AvgIpc) is 3.22. The van der Waals surface area contributed by atoms with E-state index in [0.717, 1.165) is 48.3 Å². The molecule has 0 saturated heterocycles. The van der Waals surface area contributed by atoms with E-state index in [-0.39, 0.29) is 12.1 Å². The van der Waals surface area contributed by atoms with Gasteiger partial charge >= 0.3 is 5.97 Å². The predicted octanol–water partition coefficient (Wildman–Crippen LogP) is 9.71. The van der Waals surface area contributed by atoms with E-state index in [1.807, 2.05) is 30.3 Å². The first-order valence-electron chi connectivity index (χ1n) is 15.5. The highest BCUT2D eigenvalue weighted by molar-refractivity contribution is 9.09. The second-order valence-electron chi connectivity index (χ2n) is 14.4. The van der Waals surface area contributed by atoms with E-state index in [0.29, 0.717) is 27.1 Å². The molecule has 3 heteroatoms. The molecule has 0 bridgehead atoms. The van der Waals surface area contributed by atoms with Gasteiger partial charge in [0.1, 0.15) is 6.10 Å². The average molecular weight is 572 g/mol. The van der Waals surface area contributed by atoms with Gasteiger partial charge in [-0.1, -0.05) is 88.0 Å². The van der Waals surface area contributed by atoms with Crippen molar-refractivity contribution >= 4 is 21.9 Å². The van der Waals surface area contributed by atoms with Crippen LogP contribution >= 0.6 is 15.9 Å². The number of rotatable bonds is 7. The van der Waals surface area contributed by atoms with Crippen LogP contribution in [0.5, 0.6) is 0 Å². The van der Waals surface area contributed by atoms with Crippen molar-refractivity contribution < 1.29 is 9.53 Å². The van der Waals surface area contributed by atoms with Gasteiger partial charge in [0, 0.05) is 4.83 Å². The Hall–Kier alpha value is -0.830. The summed E-state index contributed by atoms with van der Waals surface area (Å²) in [7, 11) is 0. The van der Waals surface area contributed by atoms with Crippen molar-refractivity contribution in [2.75, 3.05) is 0 Å². The Morgan fingerprint density at radius 2 is 1.65 bits per heavy atom. The minimum absolute atomic E-state index is 0.0680. The Kier molecular flexibility index (Phi) is 8.22. The quantitative estimate of drug-likeness (QED) is 0.241. The highest BCUT2D eigenvalue weighted by Gasteiger charge is 2.62. The second-order valence-corrected chi connectivity index (χ2v) is 15.6. The largest absolute Gasteiger partial charge is 0.459 e. The number of alkyl halides is 1. The minimum atomic E-state index is -0.147. The topological polar surface area (TPSA) is 26.3 Å². The number of hydrogen-bond acceptors (Lipinski definition) is 2. The van der Waals surface area contributed by atoms with E-state index in [1.54, 1.807) is 0 Å². The van der Waals surface area contributed by atoms with Crippen LogP contribution in [0.2, 0.25) is 0 Å². The Labute approximate surface area is 235 Å². The molecule has 0 spiro atoms. The Morgan fingerprint density at radius 3 is 2.38 bits per heavy atom. The number of carbonyl (C=O) groups is 1. The van der Waals surface area contributed by atoms with Crippen molar-refractivity contribution in [3.05, 3.63) is 35.9 Å². The van der Waals surface area contributed by atoms with Crippen LogP contribution in [0.1, 0.15) is 116 Å². The molecular formula is C34H51BrO2. The summed E-state index contributed by atoms with van der Waals surface area (Å²) in [5.74, 6) is 5.61. The summed E-state index contributed by atoms with van der Waals surface area (Å²) in [5.41, 5.74) is 1.60. The molecule has 206 valence electrons. The Bertz CT molecular complexity index is 929. The van der Waals surface area contributed by atoms with Crippen LogP contribution in [-0.4, -0.2) is 16.9 Å². The third-order valence-electron chi connectivity index (χ3n) is 12.1. The molecule has 0 unspecified atom stereocenters. The Balaban J connectivity index is 1.26. The van der Waals surface area contributed by atoms with Gasteiger partial charge in [-0.3, -0.25) is 0 Å². The first-order chi connectivity index (χ1) is 17.6. The lowest BCUT2D eigenvalue weighted by Crippen LogP contribution is -2.57. The summed E-state index contributed by atoms with van der Waals surface area (Å²) >= 11 is 4.29. The van der Waals surface area contributed by atoms with E-state index in [1.165, 1.54) is 57.8 Å². The fourth-order valence-electron chi connectivity index (χ4n) is 10.1. The summed E-state index contributed by atoms with van der Waals surface area (Å²) in [4.78, 5) is 13.4. The standard InChI is InChI=1S/C34H51BrO2/c1-22(2)10-9-11-23(3)27-14-15-28-31-29(17-19-34(27,28)5)33(4)18-16-26(20-25(33)21-30(31)35)37-32(36)24-12-7-6-8-13-24/h6-8,12-13,22-23,25-31H,9-11,14-21H2,1-5H3/t23-,25-,26-,27+,28-,29+,30-,31-,33-,34-/m1/s1. The van der Waals surface area contributed by atoms with Crippen molar-refractivity contribution in [1.29, 1.82) is 0 Å². The van der Waals surface area contributed by atoms with E-state index >= 15 is 0 Å². The molecule has 0 amide bonds. The van der Waals surface area contributed by atoms with Crippen LogP contribution in [0.3, 0.4) is 0 Å². The van der Waals surface area contributed by atoms with Crippen LogP contribution in [0, 0.1) is 52.3 Å². The van der Waals surface area contributed by atoms with Gasteiger partial charge in [-0.15, -0.1) is 0 Å². The predicted molar refractivity (Wildman–Crippen MR) is 157 cm³/mol. The number of carbonyl (C=O) groups excluding carboxylic acids is 1. The lowest BCUT2D eigenvalue weighted by Gasteiger charge is -2.62. The van der Waals surface area contributed by atoms with Crippen molar-refractivity contribution in [3.8, 4) is 0 Å². The van der Waals surface area contributed by atoms with Gasteiger partial charge in [-0.05, 0) is 116 Å². The number of halogens is 1. The van der Waals surface area contributed by atoms with Crippen molar-refractivity contribution in [3.63, 3.8) is 0 Å². The smallest absolute Gasteiger partial charge is 0.338 e. The molecule has 4 aliphatic rings. The maximum absolute atomic E-state index is 12.8. The molecule has 4 saturated carbocycles. The lowest BCUT2D eigenvalue weighted by atomic mass is 9.44. The molecule has 37 heavy (non-hydrogen) atoms. The second kappa shape index (κ2) is 11.0. The van der Waals surface area contributed by atoms with E-state index < -0.39 is 0 Å². The number of esters is 1. The SMILES string of the molecule is CC(C)CCC[C@@H](C)[C@@H]1CC[C@@H]2[C@H]3[C@H](Br)C[C@H]4C[C@H](OC(=O)c5ccccc5)CC[C@@]4(C)[C@H]3CC[C@@]21C. The number of fused-ring (bicyclic) bond motifs is 5. The van der Waals surface area contributed by atoms with E-state index in [2.05, 4.69) is 50.5 Å². The summed E-state index contributed by atoms with van der Waals surface area (Å²) in [6.45, 7) is 12.6. The molecule has 5 rings (SSSR count). The van der Waals surface area contributed by atoms with Gasteiger partial charge in [0.15, 0.2) is 0 Å². The van der Waals surface area contributed by atoms with Crippen LogP contribution in [0.4, 0.5) is 0 Å². The molecule has 10 atom stereocenters. The van der Waals surface area contributed by atoms with Gasteiger partial charge in [-0.2, -0.15) is 0 Å². The molecule has 1 aromatic carbocycles. The Morgan fingerprint density at radius 1 is 0.946 bits per heavy atom. The van der Waals surface area contributed by atoms with E-state index in [4.69, 9.17) is 4.74 Å². The van der Waals surface area contributed by atoms with Crippen LogP contribution in [0.15, 0.2) is 30.3 Å². The molecule has 4 aliphatic carbocycles. The summed E-state index contributed by atoms with van der Waals surface area (Å²) < 4.78 is 6.06. The fraction of sp³-hybridized carbons (Fsp3) is 0.794. The highest BCUT2D eigenvalue weighted by Crippen LogP contribution is 2.69. The summed E-state index contributed by atoms with van der Waals surface area (Å²) in [6, 6.07) is 9.53. The number of ether oxygens (including phenoxy) is 1. The molecule has 0 heterocycles. The van der Waals surface area contributed by atoms with Gasteiger partial charge in [0.25, 0.3) is 0 Å². The number of hydrogen-bond donors (Lipinski definition) is 0. The van der Waals surface area contributed by atoms with Gasteiger partial charge in [0.2, 0.25) is 0 Å². The zero-order chi connectivity index (χ0) is 26.4. The zero-order valence-electron chi connectivity index (χ0n) is 24.1. The number of benzene rings is 1. The highest BCUT2D eigenvalue weighted by atomic mass is 79.9.